The molecule has 0 aliphatic heterocycles. The second-order valence-electron chi connectivity index (χ2n) is 13.9. The van der Waals surface area contributed by atoms with Crippen molar-refractivity contribution in [2.45, 2.75) is 0 Å². The maximum absolute atomic E-state index is 8.05. The molecule has 3 heterocycles. The molecule has 11 rings (SSSR count). The van der Waals surface area contributed by atoms with Gasteiger partial charge in [-0.2, -0.15) is 0 Å². The molecule has 0 aliphatic rings. The molecule has 55 heavy (non-hydrogen) atoms. The molecule has 0 bridgehead atoms. The fourth-order valence-corrected chi connectivity index (χ4v) is 8.78. The summed E-state index contributed by atoms with van der Waals surface area (Å²) < 4.78 is 6.99. The molecule has 3 aromatic heterocycles. The Balaban J connectivity index is 1.16. The van der Waals surface area contributed by atoms with E-state index in [9.17, 15) is 0 Å². The number of benzene rings is 8. The van der Waals surface area contributed by atoms with Gasteiger partial charge in [-0.1, -0.05) is 121 Å². The van der Waals surface area contributed by atoms with Gasteiger partial charge in [0.25, 0.3) is 0 Å². The Morgan fingerprint density at radius 3 is 1.47 bits per heavy atom. The third-order valence-corrected chi connectivity index (χ3v) is 11.1. The largest absolute Gasteiger partial charge is 0.318 e. The average Bonchev–Trinajstić information content (AvgIpc) is 3.90. The van der Waals surface area contributed by atoms with E-state index in [2.05, 4.69) is 157 Å². The number of rotatable bonds is 4. The summed E-state index contributed by atoms with van der Waals surface area (Å²) in [6, 6.07) is 61.4. The Kier molecular flexibility index (Phi) is 6.61. The highest BCUT2D eigenvalue weighted by atomic mass is 15.1. The topological polar surface area (TPSA) is 23.5 Å². The van der Waals surface area contributed by atoms with Crippen LogP contribution in [-0.2, 0) is 0 Å². The van der Waals surface area contributed by atoms with E-state index in [-0.39, 0.29) is 0 Å². The smallest absolute Gasteiger partial charge is 0.211 e. The molecule has 0 radical (unpaired) electrons. The summed E-state index contributed by atoms with van der Waals surface area (Å²) in [5.74, 6) is 0. The van der Waals surface area contributed by atoms with Crippen LogP contribution in [0.3, 0.4) is 0 Å². The highest BCUT2D eigenvalue weighted by Crippen LogP contribution is 2.43. The molecule has 0 N–H and O–H groups in total. The molecule has 0 atom stereocenters. The molecule has 0 spiro atoms. The Bertz CT molecular complexity index is 3400. The van der Waals surface area contributed by atoms with Gasteiger partial charge in [-0.15, -0.1) is 0 Å². The molecule has 0 fully saturated rings. The first-order valence-corrected chi connectivity index (χ1v) is 18.3. The van der Waals surface area contributed by atoms with Crippen molar-refractivity contribution in [1.29, 1.82) is 0 Å². The van der Waals surface area contributed by atoms with Crippen molar-refractivity contribution in [2.24, 2.45) is 0 Å². The maximum atomic E-state index is 8.05. The fraction of sp³-hybridized carbons (Fsp3) is 0. The molecule has 0 unspecified atom stereocenters. The van der Waals surface area contributed by atoms with E-state index >= 15 is 0 Å². The lowest BCUT2D eigenvalue weighted by atomic mass is 10.0. The summed E-state index contributed by atoms with van der Waals surface area (Å²) >= 11 is 0. The minimum Gasteiger partial charge on any atom is -0.318 e. The highest BCUT2D eigenvalue weighted by Gasteiger charge is 2.21. The van der Waals surface area contributed by atoms with Crippen LogP contribution in [0.15, 0.2) is 176 Å². The molecule has 0 amide bonds. The maximum Gasteiger partial charge on any atom is 0.211 e. The summed E-state index contributed by atoms with van der Waals surface area (Å²) in [7, 11) is 0. The van der Waals surface area contributed by atoms with E-state index in [4.69, 9.17) is 13.1 Å². The van der Waals surface area contributed by atoms with Gasteiger partial charge in [0, 0.05) is 32.6 Å². The number of hydrogen-bond acceptors (Lipinski definition) is 0. The van der Waals surface area contributed by atoms with E-state index in [1.807, 2.05) is 42.5 Å². The highest BCUT2D eigenvalue weighted by molar-refractivity contribution is 6.16. The van der Waals surface area contributed by atoms with Gasteiger partial charge in [0.2, 0.25) is 5.69 Å². The van der Waals surface area contributed by atoms with Crippen LogP contribution in [-0.4, -0.2) is 13.7 Å². The van der Waals surface area contributed by atoms with Crippen molar-refractivity contribution in [3.05, 3.63) is 199 Å². The van der Waals surface area contributed by atoms with E-state index in [1.165, 1.54) is 32.6 Å². The lowest BCUT2D eigenvalue weighted by Crippen LogP contribution is -2.01. The average molecular weight is 700 g/mol. The number of para-hydroxylation sites is 6. The number of nitrogens with zero attached hydrogens (tertiary/aromatic N) is 5. The van der Waals surface area contributed by atoms with Crippen molar-refractivity contribution < 1.29 is 0 Å². The first-order valence-electron chi connectivity index (χ1n) is 18.3. The summed E-state index contributed by atoms with van der Waals surface area (Å²) in [5, 5.41) is 6.96. The van der Waals surface area contributed by atoms with E-state index < -0.39 is 0 Å². The molecule has 0 aliphatic carbocycles. The van der Waals surface area contributed by atoms with E-state index in [0.29, 0.717) is 11.4 Å². The molecular weight excluding hydrogens is 671 g/mol. The minimum absolute atomic E-state index is 0.562. The van der Waals surface area contributed by atoms with Crippen LogP contribution in [0.1, 0.15) is 0 Å². The summed E-state index contributed by atoms with van der Waals surface area (Å²) in [4.78, 5) is 7.77. The quantitative estimate of drug-likeness (QED) is 0.163. The van der Waals surface area contributed by atoms with Crippen LogP contribution in [0.5, 0.6) is 0 Å². The Hall–Kier alpha value is -7.86. The van der Waals surface area contributed by atoms with Gasteiger partial charge in [0.15, 0.2) is 5.69 Å². The van der Waals surface area contributed by atoms with Gasteiger partial charge in [-0.3, -0.25) is 0 Å². The van der Waals surface area contributed by atoms with Gasteiger partial charge in [0.05, 0.1) is 57.6 Å². The number of hydrogen-bond donors (Lipinski definition) is 0. The van der Waals surface area contributed by atoms with Crippen molar-refractivity contribution in [2.75, 3.05) is 0 Å². The lowest BCUT2D eigenvalue weighted by Gasteiger charge is -2.17. The standard InChI is InChI=1S/C50H29N5/c1-51-33-27-30-47(55-46-23-10-6-15-37(46)39-17-11-19-42(52-2)49(39)55)41(31-33)32-25-28-34(29-26-32)53-43-20-7-5-16-38(43)40-18-12-24-48(50(40)53)54-44-21-8-3-13-35(44)36-14-4-9-22-45(36)54/h3-31H. The summed E-state index contributed by atoms with van der Waals surface area (Å²) in [6.45, 7) is 16.0. The van der Waals surface area contributed by atoms with Crippen LogP contribution in [0.2, 0.25) is 0 Å². The van der Waals surface area contributed by atoms with Crippen LogP contribution in [0, 0.1) is 13.1 Å². The molecule has 0 saturated carbocycles. The zero-order valence-corrected chi connectivity index (χ0v) is 29.5. The van der Waals surface area contributed by atoms with Crippen molar-refractivity contribution >= 4 is 76.8 Å². The SMILES string of the molecule is [C-]#[N+]c1ccc(-n2c3ccccc3c3cccc([N+]#[C-])c32)c(-c2ccc(-n3c4ccccc4c4cccc(-n5c6ccccc6c6ccccc65)c43)cc2)c1. The van der Waals surface area contributed by atoms with Crippen molar-refractivity contribution in [3.63, 3.8) is 0 Å². The number of fused-ring (bicyclic) bond motifs is 9. The summed E-state index contributed by atoms with van der Waals surface area (Å²) in [6.07, 6.45) is 0. The van der Waals surface area contributed by atoms with Crippen LogP contribution in [0.25, 0.3) is 103 Å². The van der Waals surface area contributed by atoms with E-state index in [1.54, 1.807) is 0 Å². The fourth-order valence-electron chi connectivity index (χ4n) is 8.78. The Morgan fingerprint density at radius 2 is 0.873 bits per heavy atom. The molecule has 11 aromatic rings. The minimum atomic E-state index is 0.562. The van der Waals surface area contributed by atoms with Gasteiger partial charge < -0.3 is 13.7 Å². The third-order valence-electron chi connectivity index (χ3n) is 11.1. The number of aromatic nitrogens is 3. The van der Waals surface area contributed by atoms with Crippen LogP contribution < -0.4 is 0 Å². The molecule has 5 nitrogen and oxygen atoms in total. The summed E-state index contributed by atoms with van der Waals surface area (Å²) in [5.41, 5.74) is 12.6. The third kappa shape index (κ3) is 4.39. The molecule has 254 valence electrons. The Labute approximate surface area is 316 Å². The van der Waals surface area contributed by atoms with Gasteiger partial charge >= 0.3 is 0 Å². The van der Waals surface area contributed by atoms with Crippen molar-refractivity contribution in [1.82, 2.24) is 13.7 Å². The Morgan fingerprint density at radius 1 is 0.364 bits per heavy atom. The zero-order valence-electron chi connectivity index (χ0n) is 29.5. The molecule has 8 aromatic carbocycles. The van der Waals surface area contributed by atoms with Crippen molar-refractivity contribution in [3.8, 4) is 28.2 Å². The van der Waals surface area contributed by atoms with E-state index in [0.717, 1.165) is 61.0 Å². The second kappa shape index (κ2) is 11.8. The van der Waals surface area contributed by atoms with Gasteiger partial charge in [0.1, 0.15) is 0 Å². The van der Waals surface area contributed by atoms with Gasteiger partial charge in [-0.25, -0.2) is 9.69 Å². The predicted octanol–water partition coefficient (Wildman–Crippen LogP) is 13.7. The zero-order chi connectivity index (χ0) is 36.6. The predicted molar refractivity (Wildman–Crippen MR) is 227 cm³/mol. The molecule has 0 saturated heterocycles. The second-order valence-corrected chi connectivity index (χ2v) is 13.9. The monoisotopic (exact) mass is 699 g/mol. The lowest BCUT2D eigenvalue weighted by molar-refractivity contribution is 1.13. The molecule has 5 heteroatoms. The first kappa shape index (κ1) is 30.7. The van der Waals surface area contributed by atoms with Crippen LogP contribution >= 0.6 is 0 Å². The van der Waals surface area contributed by atoms with Crippen LogP contribution in [0.4, 0.5) is 11.4 Å². The first-order chi connectivity index (χ1) is 27.2. The molecular formula is C50H29N5. The normalized spacial score (nSPS) is 11.6. The van der Waals surface area contributed by atoms with Gasteiger partial charge in [-0.05, 0) is 71.1 Å².